The molecule has 1 aliphatic heterocycles. The summed E-state index contributed by atoms with van der Waals surface area (Å²) in [5.41, 5.74) is 6.78. The molecule has 0 spiro atoms. The summed E-state index contributed by atoms with van der Waals surface area (Å²) in [6, 6.07) is 4.42. The fourth-order valence-electron chi connectivity index (χ4n) is 5.62. The predicted molar refractivity (Wildman–Crippen MR) is 181 cm³/mol. The van der Waals surface area contributed by atoms with Gasteiger partial charge in [0.1, 0.15) is 5.78 Å². The molecule has 0 amide bonds. The second kappa shape index (κ2) is 21.3. The molecule has 1 saturated heterocycles. The van der Waals surface area contributed by atoms with E-state index in [9.17, 15) is 14.3 Å². The second-order valence-electron chi connectivity index (χ2n) is 11.7. The number of hydrogen-bond acceptors (Lipinski definition) is 4. The number of hydrogen-bond donors (Lipinski definition) is 1. The van der Waals surface area contributed by atoms with E-state index in [1.54, 1.807) is 0 Å². The Morgan fingerprint density at radius 2 is 1.79 bits per heavy atom. The molecular weight excluding hydrogens is 537 g/mol. The van der Waals surface area contributed by atoms with Gasteiger partial charge in [-0.05, 0) is 97.2 Å². The van der Waals surface area contributed by atoms with Crippen molar-refractivity contribution in [3.63, 3.8) is 0 Å². The van der Waals surface area contributed by atoms with Crippen molar-refractivity contribution in [3.8, 4) is 0 Å². The Balaban J connectivity index is 0.000000563. The number of rotatable bonds is 15. The molecular formula is C37H56NO3P. The number of carbonyl (C=O) groups excluding carboxylic acids is 1. The van der Waals surface area contributed by atoms with Crippen LogP contribution in [0.15, 0.2) is 71.9 Å². The molecule has 1 aliphatic rings. The van der Waals surface area contributed by atoms with Crippen LogP contribution in [0, 0.1) is 19.8 Å². The van der Waals surface area contributed by atoms with Crippen LogP contribution in [0.3, 0.4) is 0 Å². The van der Waals surface area contributed by atoms with E-state index in [-0.39, 0.29) is 5.92 Å². The molecule has 42 heavy (non-hydrogen) atoms. The number of nitrogens with one attached hydrogen (secondary N) is 1. The van der Waals surface area contributed by atoms with Crippen molar-refractivity contribution in [2.45, 2.75) is 119 Å². The summed E-state index contributed by atoms with van der Waals surface area (Å²) in [6.45, 7) is 19.2. The van der Waals surface area contributed by atoms with Gasteiger partial charge in [0.15, 0.2) is 5.30 Å². The normalized spacial score (nSPS) is 17.5. The van der Waals surface area contributed by atoms with Gasteiger partial charge in [0, 0.05) is 29.5 Å². The third-order valence-electron chi connectivity index (χ3n) is 7.80. The van der Waals surface area contributed by atoms with E-state index in [0.29, 0.717) is 17.1 Å². The lowest BCUT2D eigenvalue weighted by molar-refractivity contribution is -0.160. The molecule has 1 fully saturated rings. The molecule has 2 rings (SSSR count). The highest BCUT2D eigenvalue weighted by molar-refractivity contribution is 7.46. The van der Waals surface area contributed by atoms with E-state index in [1.807, 2.05) is 39.0 Å². The van der Waals surface area contributed by atoms with Gasteiger partial charge in [-0.2, -0.15) is 0 Å². The molecule has 232 valence electrons. The average molecular weight is 594 g/mol. The molecule has 0 bridgehead atoms. The largest absolute Gasteiger partial charge is 0.591 e. The van der Waals surface area contributed by atoms with E-state index in [1.165, 1.54) is 41.5 Å². The van der Waals surface area contributed by atoms with Crippen molar-refractivity contribution < 1.29 is 14.3 Å². The van der Waals surface area contributed by atoms with Crippen LogP contribution in [0.5, 0.6) is 0 Å². The molecule has 0 aromatic heterocycles. The minimum Gasteiger partial charge on any atom is -0.591 e. The lowest BCUT2D eigenvalue weighted by Crippen LogP contribution is -2.34. The molecule has 1 aromatic carbocycles. The lowest BCUT2D eigenvalue weighted by atomic mass is 9.87. The molecule has 1 heterocycles. The zero-order chi connectivity index (χ0) is 31.5. The Bertz CT molecular complexity index is 1110. The lowest BCUT2D eigenvalue weighted by Gasteiger charge is -2.24. The summed E-state index contributed by atoms with van der Waals surface area (Å²) in [5, 5.41) is 4.04. The third-order valence-corrected chi connectivity index (χ3v) is 8.87. The van der Waals surface area contributed by atoms with Gasteiger partial charge in [-0.15, -0.1) is 0 Å². The maximum absolute atomic E-state index is 12.8. The maximum atomic E-state index is 12.8. The highest BCUT2D eigenvalue weighted by Crippen LogP contribution is 2.23. The zero-order valence-corrected chi connectivity index (χ0v) is 28.3. The first-order valence-corrected chi connectivity index (χ1v) is 17.0. The topological polar surface area (TPSA) is 69.2 Å². The average Bonchev–Trinajstić information content (AvgIpc) is 2.95. The van der Waals surface area contributed by atoms with Crippen molar-refractivity contribution in [2.75, 3.05) is 6.54 Å². The number of benzene rings is 1. The van der Waals surface area contributed by atoms with E-state index in [4.69, 9.17) is 0 Å². The maximum Gasteiger partial charge on any atom is 0.349 e. The van der Waals surface area contributed by atoms with E-state index in [0.717, 1.165) is 62.6 Å². The van der Waals surface area contributed by atoms with Gasteiger partial charge in [0.05, 0.1) is 0 Å². The highest BCUT2D eigenvalue weighted by Gasteiger charge is 2.20. The fraction of sp³-hybridized carbons (Fsp3) is 0.541. The smallest absolute Gasteiger partial charge is 0.349 e. The van der Waals surface area contributed by atoms with Crippen LogP contribution >= 0.6 is 8.03 Å². The summed E-state index contributed by atoms with van der Waals surface area (Å²) < 4.78 is 10.9. The quantitative estimate of drug-likeness (QED) is 0.163. The molecule has 0 saturated carbocycles. The molecule has 0 radical (unpaired) electrons. The van der Waals surface area contributed by atoms with Gasteiger partial charge in [-0.1, -0.05) is 97.6 Å². The summed E-state index contributed by atoms with van der Waals surface area (Å²) in [4.78, 5) is 23.7. The predicted octanol–water partition coefficient (Wildman–Crippen LogP) is 8.85. The number of piperidine rings is 1. The van der Waals surface area contributed by atoms with Crippen LogP contribution < -0.4 is 15.5 Å². The molecule has 3 atom stereocenters. The number of ketones is 1. The molecule has 0 aliphatic carbocycles. The van der Waals surface area contributed by atoms with E-state index < -0.39 is 8.03 Å². The van der Waals surface area contributed by atoms with E-state index in [2.05, 4.69) is 70.0 Å². The monoisotopic (exact) mass is 593 g/mol. The Hall–Kier alpha value is -2.39. The summed E-state index contributed by atoms with van der Waals surface area (Å²) in [6.07, 6.45) is 22.9. The van der Waals surface area contributed by atoms with Gasteiger partial charge < -0.3 is 10.2 Å². The minimum atomic E-state index is -2.45. The molecule has 1 aromatic rings. The van der Waals surface area contributed by atoms with Crippen LogP contribution in [0.2, 0.25) is 0 Å². The number of Topliss-reactive ketones (excluding diaryl/α,β-unsaturated/α-hetero) is 1. The molecule has 1 N–H and O–H groups in total. The molecule has 3 unspecified atom stereocenters. The van der Waals surface area contributed by atoms with Crippen LogP contribution in [-0.2, 0) is 15.8 Å². The number of aryl methyl sites for hydroxylation is 3. The van der Waals surface area contributed by atoms with Gasteiger partial charge in [-0.25, -0.2) is 0 Å². The van der Waals surface area contributed by atoms with Crippen LogP contribution in [0.4, 0.5) is 0 Å². The van der Waals surface area contributed by atoms with E-state index >= 15 is 0 Å². The fourth-order valence-corrected chi connectivity index (χ4v) is 6.32. The summed E-state index contributed by atoms with van der Waals surface area (Å²) >= 11 is 0. The van der Waals surface area contributed by atoms with Crippen molar-refractivity contribution in [1.29, 1.82) is 0 Å². The SMILES string of the molecule is C=C/C=C(\C=C/C)C/C(C)=C/C=C(\C)CC(CCC)C(=O)CCC1CCCCN1.CCc1cc(C)c([P+](=O)[O-])c(C)c1. The van der Waals surface area contributed by atoms with Crippen LogP contribution in [-0.4, -0.2) is 18.4 Å². The standard InChI is InChI=1S/C27H43NO.C10H13O2P/c1-6-11-24(12-7-2)20-22(4)15-16-23(5)21-25(13-8-3)27(29)18-17-26-14-9-10-19-28-26;1-4-9-5-7(2)10(13(11)12)8(3)6-9/h6-7,11-12,15-16,25-26,28H,1,8-10,13-14,17-21H2,2-5H3;5-6H,4H2,1-3H3/b12-7-,22-15+,23-16+,24-11+;. The highest BCUT2D eigenvalue weighted by atomic mass is 31.1. The first kappa shape index (κ1) is 37.6. The first-order valence-electron chi connectivity index (χ1n) is 15.8. The van der Waals surface area contributed by atoms with Crippen molar-refractivity contribution in [2.24, 2.45) is 5.92 Å². The Labute approximate surface area is 258 Å². The number of allylic oxidation sites excluding steroid dienone is 9. The zero-order valence-electron chi connectivity index (χ0n) is 27.4. The first-order chi connectivity index (χ1) is 20.1. The molecule has 4 nitrogen and oxygen atoms in total. The van der Waals surface area contributed by atoms with Gasteiger partial charge >= 0.3 is 8.03 Å². The van der Waals surface area contributed by atoms with Crippen LogP contribution in [0.1, 0.15) is 109 Å². The third kappa shape index (κ3) is 14.7. The van der Waals surface area contributed by atoms with Gasteiger partial charge in [0.25, 0.3) is 0 Å². The summed E-state index contributed by atoms with van der Waals surface area (Å²) in [5.74, 6) is 0.629. The Kier molecular flexibility index (Phi) is 19.1. The Morgan fingerprint density at radius 3 is 2.31 bits per heavy atom. The van der Waals surface area contributed by atoms with Crippen molar-refractivity contribution >= 4 is 19.1 Å². The van der Waals surface area contributed by atoms with Crippen molar-refractivity contribution in [3.05, 3.63) is 88.6 Å². The minimum absolute atomic E-state index is 0.174. The Morgan fingerprint density at radius 1 is 1.12 bits per heavy atom. The van der Waals surface area contributed by atoms with Gasteiger partial charge in [0.2, 0.25) is 0 Å². The number of carbonyl (C=O) groups is 1. The van der Waals surface area contributed by atoms with Crippen molar-refractivity contribution in [1.82, 2.24) is 5.32 Å². The summed E-state index contributed by atoms with van der Waals surface area (Å²) in [7, 11) is -2.45. The second-order valence-corrected chi connectivity index (χ2v) is 12.7. The van der Waals surface area contributed by atoms with Gasteiger partial charge in [-0.3, -0.25) is 4.79 Å². The molecule has 5 heteroatoms. The van der Waals surface area contributed by atoms with Crippen LogP contribution in [0.25, 0.3) is 0 Å².